The maximum Gasteiger partial charge on any atom is 0.180 e. The highest BCUT2D eigenvalue weighted by Gasteiger charge is 2.40. The molecule has 3 atom stereocenters. The number of imidazole rings is 1. The molecule has 0 aliphatic carbocycles. The first-order valence-corrected chi connectivity index (χ1v) is 9.10. The van der Waals surface area contributed by atoms with Gasteiger partial charge in [-0.2, -0.15) is 0 Å². The molecule has 3 aromatic rings. The summed E-state index contributed by atoms with van der Waals surface area (Å²) in [6.45, 7) is 4.85. The summed E-state index contributed by atoms with van der Waals surface area (Å²) in [5.41, 5.74) is 4.47. The van der Waals surface area contributed by atoms with Crippen molar-refractivity contribution < 1.29 is 19.3 Å². The molecule has 6 heteroatoms. The molecule has 0 unspecified atom stereocenters. The standard InChI is InChI=1S/C21H24N2O4/c1-13-14(2)23-10-9-16-19(26-12-11-25-3)17(24)18(15-7-5-4-6-8-15)27-20(16)21(23)22-13/h4-10,17-19,24H,11-12H2,1-3H3/t17-,18-,19-/m1/s1. The average Bonchev–Trinajstić information content (AvgIpc) is 2.98. The lowest BCUT2D eigenvalue weighted by Gasteiger charge is -2.36. The lowest BCUT2D eigenvalue weighted by atomic mass is 9.92. The van der Waals surface area contributed by atoms with Gasteiger partial charge in [0.05, 0.1) is 18.9 Å². The molecular weight excluding hydrogens is 344 g/mol. The largest absolute Gasteiger partial charge is 0.479 e. The SMILES string of the molecule is COCCO[C@@H]1c2ccn3c(C)c(C)nc3c2O[C@H](c2ccccc2)[C@H]1O. The molecule has 0 radical (unpaired) electrons. The number of hydrogen-bond donors (Lipinski definition) is 1. The molecule has 142 valence electrons. The monoisotopic (exact) mass is 368 g/mol. The fourth-order valence-electron chi connectivity index (χ4n) is 3.57. The molecule has 0 bridgehead atoms. The van der Waals surface area contributed by atoms with Crippen molar-refractivity contribution in [2.75, 3.05) is 20.3 Å². The Morgan fingerprint density at radius 2 is 1.93 bits per heavy atom. The lowest BCUT2D eigenvalue weighted by molar-refractivity contribution is -0.108. The fraction of sp³-hybridized carbons (Fsp3) is 0.381. The van der Waals surface area contributed by atoms with E-state index in [9.17, 15) is 5.11 Å². The van der Waals surface area contributed by atoms with E-state index in [1.54, 1.807) is 7.11 Å². The summed E-state index contributed by atoms with van der Waals surface area (Å²) in [5.74, 6) is 0.662. The van der Waals surface area contributed by atoms with Crippen LogP contribution in [0.3, 0.4) is 0 Å². The van der Waals surface area contributed by atoms with E-state index < -0.39 is 18.3 Å². The summed E-state index contributed by atoms with van der Waals surface area (Å²) >= 11 is 0. The van der Waals surface area contributed by atoms with E-state index in [1.807, 2.05) is 60.8 Å². The molecule has 0 spiro atoms. The topological polar surface area (TPSA) is 65.2 Å². The van der Waals surface area contributed by atoms with E-state index in [2.05, 4.69) is 4.98 Å². The number of pyridine rings is 1. The molecule has 6 nitrogen and oxygen atoms in total. The highest BCUT2D eigenvalue weighted by atomic mass is 16.5. The third-order valence-corrected chi connectivity index (χ3v) is 5.14. The number of fused-ring (bicyclic) bond motifs is 3. The second-order valence-corrected chi connectivity index (χ2v) is 6.80. The molecule has 0 saturated carbocycles. The second kappa shape index (κ2) is 7.31. The highest BCUT2D eigenvalue weighted by molar-refractivity contribution is 5.62. The molecule has 1 aliphatic heterocycles. The maximum atomic E-state index is 11.0. The van der Waals surface area contributed by atoms with Crippen molar-refractivity contribution in [1.29, 1.82) is 0 Å². The summed E-state index contributed by atoms with van der Waals surface area (Å²) < 4.78 is 19.4. The van der Waals surface area contributed by atoms with Crippen LogP contribution in [0.5, 0.6) is 5.75 Å². The number of aryl methyl sites for hydroxylation is 2. The van der Waals surface area contributed by atoms with Gasteiger partial charge in [0.2, 0.25) is 0 Å². The van der Waals surface area contributed by atoms with Gasteiger partial charge in [-0.05, 0) is 25.5 Å². The number of ether oxygens (including phenoxy) is 3. The predicted octanol–water partition coefficient (Wildman–Crippen LogP) is 3.15. The summed E-state index contributed by atoms with van der Waals surface area (Å²) in [6, 6.07) is 11.7. The molecule has 0 amide bonds. The van der Waals surface area contributed by atoms with E-state index in [-0.39, 0.29) is 0 Å². The molecule has 2 aromatic heterocycles. The zero-order chi connectivity index (χ0) is 19.0. The number of benzene rings is 1. The Labute approximate surface area is 158 Å². The van der Waals surface area contributed by atoms with Crippen LogP contribution in [-0.4, -0.2) is 40.9 Å². The van der Waals surface area contributed by atoms with E-state index >= 15 is 0 Å². The van der Waals surface area contributed by atoms with Crippen LogP contribution in [0, 0.1) is 13.8 Å². The van der Waals surface area contributed by atoms with Crippen molar-refractivity contribution in [3.8, 4) is 5.75 Å². The van der Waals surface area contributed by atoms with E-state index in [0.717, 1.165) is 28.2 Å². The summed E-state index contributed by atoms with van der Waals surface area (Å²) in [6.07, 6.45) is 0.0669. The normalized spacial score (nSPS) is 21.9. The zero-order valence-electron chi connectivity index (χ0n) is 15.8. The number of methoxy groups -OCH3 is 1. The van der Waals surface area contributed by atoms with E-state index in [0.29, 0.717) is 19.0 Å². The Hall–Kier alpha value is -2.41. The average molecular weight is 368 g/mol. The van der Waals surface area contributed by atoms with Crippen molar-refractivity contribution >= 4 is 5.65 Å². The van der Waals surface area contributed by atoms with Crippen molar-refractivity contribution in [3.05, 3.63) is 65.1 Å². The Morgan fingerprint density at radius 3 is 2.67 bits per heavy atom. The van der Waals surface area contributed by atoms with Gasteiger partial charge in [-0.25, -0.2) is 4.98 Å². The Morgan fingerprint density at radius 1 is 1.15 bits per heavy atom. The van der Waals surface area contributed by atoms with Crippen LogP contribution in [0.2, 0.25) is 0 Å². The quantitative estimate of drug-likeness (QED) is 0.701. The number of aliphatic hydroxyl groups excluding tert-OH is 1. The third kappa shape index (κ3) is 3.10. The first kappa shape index (κ1) is 18.0. The lowest BCUT2D eigenvalue weighted by Crippen LogP contribution is -2.36. The van der Waals surface area contributed by atoms with Crippen LogP contribution < -0.4 is 4.74 Å². The minimum absolute atomic E-state index is 0.386. The van der Waals surface area contributed by atoms with E-state index in [4.69, 9.17) is 14.2 Å². The van der Waals surface area contributed by atoms with Gasteiger partial charge in [0.15, 0.2) is 17.5 Å². The van der Waals surface area contributed by atoms with Crippen LogP contribution in [0.4, 0.5) is 0 Å². The van der Waals surface area contributed by atoms with Crippen molar-refractivity contribution in [2.24, 2.45) is 0 Å². The van der Waals surface area contributed by atoms with Crippen LogP contribution in [-0.2, 0) is 9.47 Å². The summed E-state index contributed by atoms with van der Waals surface area (Å²) in [7, 11) is 1.63. The molecular formula is C21H24N2O4. The van der Waals surface area contributed by atoms with Gasteiger partial charge in [-0.3, -0.25) is 0 Å². The number of aromatic nitrogens is 2. The van der Waals surface area contributed by atoms with Crippen LogP contribution in [0.25, 0.3) is 5.65 Å². The van der Waals surface area contributed by atoms with Gasteiger partial charge in [-0.1, -0.05) is 30.3 Å². The van der Waals surface area contributed by atoms with Gasteiger partial charge in [-0.15, -0.1) is 0 Å². The smallest absolute Gasteiger partial charge is 0.180 e. The second-order valence-electron chi connectivity index (χ2n) is 6.80. The first-order valence-electron chi connectivity index (χ1n) is 9.10. The first-order chi connectivity index (χ1) is 13.1. The van der Waals surface area contributed by atoms with Crippen molar-refractivity contribution in [1.82, 2.24) is 9.38 Å². The molecule has 0 saturated heterocycles. The van der Waals surface area contributed by atoms with Crippen molar-refractivity contribution in [3.63, 3.8) is 0 Å². The minimum Gasteiger partial charge on any atom is -0.479 e. The molecule has 4 rings (SSSR count). The summed E-state index contributed by atoms with van der Waals surface area (Å²) in [5, 5.41) is 11.0. The predicted molar refractivity (Wildman–Crippen MR) is 101 cm³/mol. The molecule has 1 aromatic carbocycles. The highest BCUT2D eigenvalue weighted by Crippen LogP contribution is 2.44. The molecule has 1 N–H and O–H groups in total. The molecule has 3 heterocycles. The number of hydrogen-bond acceptors (Lipinski definition) is 5. The fourth-order valence-corrected chi connectivity index (χ4v) is 3.57. The molecule has 1 aliphatic rings. The number of nitrogens with zero attached hydrogens (tertiary/aromatic N) is 2. The third-order valence-electron chi connectivity index (χ3n) is 5.14. The zero-order valence-corrected chi connectivity index (χ0v) is 15.8. The van der Waals surface area contributed by atoms with E-state index in [1.165, 1.54) is 0 Å². The molecule has 27 heavy (non-hydrogen) atoms. The Kier molecular flexibility index (Phi) is 4.86. The number of aliphatic hydroxyl groups is 1. The summed E-state index contributed by atoms with van der Waals surface area (Å²) in [4.78, 5) is 4.69. The van der Waals surface area contributed by atoms with Gasteiger partial charge < -0.3 is 23.7 Å². The number of rotatable bonds is 5. The maximum absolute atomic E-state index is 11.0. The van der Waals surface area contributed by atoms with Crippen LogP contribution in [0.15, 0.2) is 42.6 Å². The van der Waals surface area contributed by atoms with Gasteiger partial charge in [0.1, 0.15) is 12.2 Å². The van der Waals surface area contributed by atoms with Crippen LogP contribution in [0.1, 0.15) is 34.7 Å². The van der Waals surface area contributed by atoms with Crippen molar-refractivity contribution in [2.45, 2.75) is 32.2 Å². The minimum atomic E-state index is -0.837. The van der Waals surface area contributed by atoms with Gasteiger partial charge in [0, 0.05) is 24.6 Å². The van der Waals surface area contributed by atoms with Crippen LogP contribution >= 0.6 is 0 Å². The Bertz CT molecular complexity index is 938. The van der Waals surface area contributed by atoms with Gasteiger partial charge >= 0.3 is 0 Å². The Balaban J connectivity index is 1.82. The van der Waals surface area contributed by atoms with Gasteiger partial charge in [0.25, 0.3) is 0 Å². The molecule has 0 fully saturated rings.